The first-order chi connectivity index (χ1) is 17.7. The van der Waals surface area contributed by atoms with E-state index in [1.54, 1.807) is 17.4 Å². The largest absolute Gasteiger partial charge is 0.486 e. The fourth-order valence-corrected chi connectivity index (χ4v) is 6.58. The highest BCUT2D eigenvalue weighted by atomic mass is 32.2. The van der Waals surface area contributed by atoms with Crippen molar-refractivity contribution in [2.24, 2.45) is 11.3 Å². The van der Waals surface area contributed by atoms with E-state index in [0.717, 1.165) is 36.1 Å². The van der Waals surface area contributed by atoms with Crippen molar-refractivity contribution in [1.29, 1.82) is 5.26 Å². The molecule has 7 nitrogen and oxygen atoms in total. The second-order valence-electron chi connectivity index (χ2n) is 10.4. The number of amides is 1. The Morgan fingerprint density at radius 1 is 1.41 bits per heavy atom. The van der Waals surface area contributed by atoms with Gasteiger partial charge in [-0.2, -0.15) is 5.26 Å². The molecular formula is C28H33N5O2S2. The van der Waals surface area contributed by atoms with Gasteiger partial charge in [0.05, 0.1) is 11.3 Å². The fourth-order valence-electron chi connectivity index (χ4n) is 4.52. The van der Waals surface area contributed by atoms with E-state index in [1.807, 2.05) is 35.8 Å². The number of rotatable bonds is 9. The first-order valence-corrected chi connectivity index (χ1v) is 14.2. The maximum atomic E-state index is 12.9. The lowest BCUT2D eigenvalue weighted by molar-refractivity contribution is -0.113. The Labute approximate surface area is 226 Å². The molecule has 0 radical (unpaired) electrons. The Morgan fingerprint density at radius 2 is 2.22 bits per heavy atom. The van der Waals surface area contributed by atoms with Crippen molar-refractivity contribution in [3.05, 3.63) is 64.3 Å². The van der Waals surface area contributed by atoms with E-state index in [4.69, 9.17) is 4.74 Å². The number of ether oxygens (including phenoxy) is 1. The molecule has 1 amide bonds. The van der Waals surface area contributed by atoms with Gasteiger partial charge in [0.15, 0.2) is 11.0 Å². The van der Waals surface area contributed by atoms with Crippen molar-refractivity contribution in [3.63, 3.8) is 0 Å². The zero-order valence-electron chi connectivity index (χ0n) is 21.8. The number of carbonyl (C=O) groups is 1. The number of thioether (sulfide) groups is 1. The maximum absolute atomic E-state index is 12.9. The Balaban J connectivity index is 1.40. The predicted molar refractivity (Wildman–Crippen MR) is 149 cm³/mol. The van der Waals surface area contributed by atoms with Crippen LogP contribution >= 0.6 is 23.1 Å². The van der Waals surface area contributed by atoms with Crippen LogP contribution in [0.3, 0.4) is 0 Å². The Morgan fingerprint density at radius 3 is 2.92 bits per heavy atom. The Bertz CT molecular complexity index is 1330. The second-order valence-corrected chi connectivity index (χ2v) is 12.4. The van der Waals surface area contributed by atoms with Crippen LogP contribution < -0.4 is 10.1 Å². The number of fused-ring (bicyclic) bond motifs is 1. The van der Waals surface area contributed by atoms with Crippen LogP contribution in [0.15, 0.2) is 42.1 Å². The highest BCUT2D eigenvalue weighted by Gasteiger charge is 2.32. The number of nitrogens with one attached hydrogen (secondary N) is 1. The van der Waals surface area contributed by atoms with Gasteiger partial charge in [-0.25, -0.2) is 0 Å². The van der Waals surface area contributed by atoms with Crippen LogP contribution in [0.25, 0.3) is 0 Å². The predicted octanol–water partition coefficient (Wildman–Crippen LogP) is 6.17. The van der Waals surface area contributed by atoms with Gasteiger partial charge >= 0.3 is 0 Å². The molecule has 3 aromatic rings. The topological polar surface area (TPSA) is 92.8 Å². The van der Waals surface area contributed by atoms with Gasteiger partial charge in [-0.3, -0.25) is 9.36 Å². The minimum absolute atomic E-state index is 0.159. The summed E-state index contributed by atoms with van der Waals surface area (Å²) >= 11 is 2.86. The number of nitrogens with zero attached hydrogens (tertiary/aromatic N) is 4. The number of anilines is 1. The van der Waals surface area contributed by atoms with Gasteiger partial charge in [0.25, 0.3) is 0 Å². The zero-order chi connectivity index (χ0) is 26.6. The lowest BCUT2D eigenvalue weighted by Crippen LogP contribution is -2.26. The number of allylic oxidation sites excluding steroid dienone is 1. The SMILES string of the molecule is C=CCn1c(COc2cccc(C)c2)nnc1SCC(=O)Nc1sc2c(c1C#N)CCC(C(C)(C)C)C2. The van der Waals surface area contributed by atoms with Gasteiger partial charge in [-0.15, -0.1) is 28.1 Å². The minimum atomic E-state index is -0.168. The van der Waals surface area contributed by atoms with E-state index in [9.17, 15) is 10.1 Å². The summed E-state index contributed by atoms with van der Waals surface area (Å²) in [6.07, 6.45) is 4.68. The van der Waals surface area contributed by atoms with Gasteiger partial charge in [-0.05, 0) is 60.8 Å². The molecule has 0 aliphatic heterocycles. The molecule has 4 rings (SSSR count). The molecule has 0 saturated carbocycles. The van der Waals surface area contributed by atoms with Crippen LogP contribution in [0.5, 0.6) is 5.75 Å². The van der Waals surface area contributed by atoms with Crippen molar-refractivity contribution >= 4 is 34.0 Å². The summed E-state index contributed by atoms with van der Waals surface area (Å²) in [5.41, 5.74) is 3.07. The second kappa shape index (κ2) is 11.5. The average molecular weight is 536 g/mol. The van der Waals surface area contributed by atoms with Crippen LogP contribution in [-0.4, -0.2) is 26.4 Å². The summed E-state index contributed by atoms with van der Waals surface area (Å²) in [6.45, 7) is 13.4. The third-order valence-electron chi connectivity index (χ3n) is 6.65. The smallest absolute Gasteiger partial charge is 0.235 e. The van der Waals surface area contributed by atoms with E-state index in [0.29, 0.717) is 34.0 Å². The normalized spacial score (nSPS) is 15.1. The summed E-state index contributed by atoms with van der Waals surface area (Å²) in [7, 11) is 0. The highest BCUT2D eigenvalue weighted by Crippen LogP contribution is 2.44. The summed E-state index contributed by atoms with van der Waals surface area (Å²) in [6, 6.07) is 10.2. The molecule has 0 fully saturated rings. The molecule has 0 saturated heterocycles. The molecule has 1 unspecified atom stereocenters. The minimum Gasteiger partial charge on any atom is -0.486 e. The first kappa shape index (κ1) is 27.0. The molecule has 2 aromatic heterocycles. The Kier molecular flexibility index (Phi) is 8.40. The third kappa shape index (κ3) is 6.43. The quantitative estimate of drug-likeness (QED) is 0.260. The van der Waals surface area contributed by atoms with Crippen LogP contribution in [0.2, 0.25) is 0 Å². The van der Waals surface area contributed by atoms with Crippen molar-refractivity contribution in [3.8, 4) is 11.8 Å². The molecule has 37 heavy (non-hydrogen) atoms. The molecule has 194 valence electrons. The zero-order valence-corrected chi connectivity index (χ0v) is 23.5. The molecule has 1 aliphatic carbocycles. The molecule has 1 aromatic carbocycles. The number of hydrogen-bond donors (Lipinski definition) is 1. The molecule has 1 atom stereocenters. The van der Waals surface area contributed by atoms with Crippen LogP contribution in [0, 0.1) is 29.6 Å². The Hall–Kier alpha value is -3.09. The highest BCUT2D eigenvalue weighted by molar-refractivity contribution is 7.99. The van der Waals surface area contributed by atoms with E-state index in [-0.39, 0.29) is 23.7 Å². The van der Waals surface area contributed by atoms with Crippen LogP contribution in [0.4, 0.5) is 5.00 Å². The molecule has 0 bridgehead atoms. The lowest BCUT2D eigenvalue weighted by atomic mass is 9.72. The summed E-state index contributed by atoms with van der Waals surface area (Å²) in [4.78, 5) is 14.1. The van der Waals surface area contributed by atoms with E-state index >= 15 is 0 Å². The number of aromatic nitrogens is 3. The molecule has 1 aliphatic rings. The van der Waals surface area contributed by atoms with Crippen molar-refractivity contribution in [1.82, 2.24) is 14.8 Å². The molecule has 9 heteroatoms. The molecular weight excluding hydrogens is 502 g/mol. The van der Waals surface area contributed by atoms with E-state index < -0.39 is 0 Å². The van der Waals surface area contributed by atoms with Gasteiger partial charge in [-0.1, -0.05) is 50.7 Å². The van der Waals surface area contributed by atoms with Gasteiger partial charge in [0.2, 0.25) is 5.91 Å². The number of thiophene rings is 1. The van der Waals surface area contributed by atoms with E-state index in [2.05, 4.69) is 48.9 Å². The van der Waals surface area contributed by atoms with E-state index in [1.165, 1.54) is 16.6 Å². The lowest BCUT2D eigenvalue weighted by Gasteiger charge is -2.33. The van der Waals surface area contributed by atoms with Gasteiger partial charge in [0, 0.05) is 11.4 Å². The maximum Gasteiger partial charge on any atom is 0.235 e. The van der Waals surface area contributed by atoms with Crippen molar-refractivity contribution in [2.75, 3.05) is 11.1 Å². The summed E-state index contributed by atoms with van der Waals surface area (Å²) in [5, 5.41) is 22.6. The molecule has 1 N–H and O–H groups in total. The molecule has 0 spiro atoms. The fraction of sp³-hybridized carbons (Fsp3) is 0.429. The summed E-state index contributed by atoms with van der Waals surface area (Å²) < 4.78 is 7.80. The summed E-state index contributed by atoms with van der Waals surface area (Å²) in [5.74, 6) is 1.99. The number of benzene rings is 1. The monoisotopic (exact) mass is 535 g/mol. The number of nitriles is 1. The van der Waals surface area contributed by atoms with Crippen LogP contribution in [0.1, 0.15) is 54.6 Å². The standard InChI is InChI=1S/C28H33N5O2S2/c1-6-12-33-24(16-35-20-9-7-8-18(2)13-20)31-32-27(33)36-17-25(34)30-26-22(15-29)21-11-10-19(28(3,4)5)14-23(21)37-26/h6-9,13,19H,1,10-12,14,16-17H2,2-5H3,(H,30,34). The number of hydrogen-bond acceptors (Lipinski definition) is 7. The van der Waals surface area contributed by atoms with Crippen molar-refractivity contribution in [2.45, 2.75) is 65.3 Å². The average Bonchev–Trinajstić information content (AvgIpc) is 3.40. The first-order valence-electron chi connectivity index (χ1n) is 12.4. The van der Waals surface area contributed by atoms with Gasteiger partial charge in [0.1, 0.15) is 23.4 Å². The van der Waals surface area contributed by atoms with Crippen LogP contribution in [-0.2, 0) is 30.8 Å². The van der Waals surface area contributed by atoms with Gasteiger partial charge < -0.3 is 10.1 Å². The third-order valence-corrected chi connectivity index (χ3v) is 8.79. The number of aryl methyl sites for hydroxylation is 1. The molecule has 2 heterocycles. The number of carbonyl (C=O) groups excluding carboxylic acids is 1. The van der Waals surface area contributed by atoms with Crippen molar-refractivity contribution < 1.29 is 9.53 Å².